The summed E-state index contributed by atoms with van der Waals surface area (Å²) in [6.07, 6.45) is 6.13. The fourth-order valence-electron chi connectivity index (χ4n) is 4.95. The summed E-state index contributed by atoms with van der Waals surface area (Å²) in [7, 11) is 1.58. The number of rotatable bonds is 5. The Kier molecular flexibility index (Phi) is 7.58. The highest BCUT2D eigenvalue weighted by Gasteiger charge is 2.33. The first-order valence-electron chi connectivity index (χ1n) is 12.7. The minimum atomic E-state index is -0.288. The molecular formula is C28H32N4O5. The molecule has 37 heavy (non-hydrogen) atoms. The molecule has 0 radical (unpaired) electrons. The highest BCUT2D eigenvalue weighted by Crippen LogP contribution is 2.42. The van der Waals surface area contributed by atoms with Gasteiger partial charge in [0.2, 0.25) is 5.91 Å². The van der Waals surface area contributed by atoms with E-state index in [0.29, 0.717) is 63.4 Å². The third-order valence-corrected chi connectivity index (χ3v) is 6.76. The van der Waals surface area contributed by atoms with Crippen molar-refractivity contribution in [3.05, 3.63) is 71.5 Å². The lowest BCUT2D eigenvalue weighted by Gasteiger charge is -2.38. The number of carbonyl (C=O) groups is 2. The van der Waals surface area contributed by atoms with E-state index < -0.39 is 0 Å². The van der Waals surface area contributed by atoms with Crippen LogP contribution >= 0.6 is 0 Å². The summed E-state index contributed by atoms with van der Waals surface area (Å²) in [5, 5.41) is 7.09. The van der Waals surface area contributed by atoms with Gasteiger partial charge in [-0.1, -0.05) is 12.1 Å². The molecule has 194 valence electrons. The van der Waals surface area contributed by atoms with Crippen molar-refractivity contribution in [3.8, 4) is 17.2 Å². The summed E-state index contributed by atoms with van der Waals surface area (Å²) in [4.78, 5) is 27.8. The number of fused-ring (bicyclic) bond motifs is 8. The summed E-state index contributed by atoms with van der Waals surface area (Å²) >= 11 is 0. The number of nitrogens with zero attached hydrogens (tertiary/aromatic N) is 3. The van der Waals surface area contributed by atoms with Gasteiger partial charge in [0.1, 0.15) is 5.75 Å². The van der Waals surface area contributed by atoms with Gasteiger partial charge in [-0.15, -0.1) is 0 Å². The van der Waals surface area contributed by atoms with Crippen LogP contribution in [0.1, 0.15) is 42.0 Å². The molecule has 0 saturated heterocycles. The number of hydrogen-bond acceptors (Lipinski definition) is 6. The second-order valence-corrected chi connectivity index (χ2v) is 9.23. The van der Waals surface area contributed by atoms with Crippen LogP contribution in [0.3, 0.4) is 0 Å². The molecular weight excluding hydrogens is 472 g/mol. The van der Waals surface area contributed by atoms with Gasteiger partial charge in [0.15, 0.2) is 18.1 Å². The molecule has 1 N–H and O–H groups in total. The predicted octanol–water partition coefficient (Wildman–Crippen LogP) is 3.12. The lowest BCUT2D eigenvalue weighted by molar-refractivity contribution is -0.133. The lowest BCUT2D eigenvalue weighted by Crippen LogP contribution is -2.40. The monoisotopic (exact) mass is 504 g/mol. The number of ether oxygens (including phenoxy) is 3. The molecule has 6 rings (SSSR count). The van der Waals surface area contributed by atoms with Crippen molar-refractivity contribution < 1.29 is 23.8 Å². The number of methoxy groups -OCH3 is 1. The van der Waals surface area contributed by atoms with Crippen molar-refractivity contribution in [1.82, 2.24) is 20.0 Å². The molecule has 2 amide bonds. The molecule has 0 saturated carbocycles. The van der Waals surface area contributed by atoms with E-state index in [9.17, 15) is 9.59 Å². The Morgan fingerprint density at radius 1 is 1.22 bits per heavy atom. The highest BCUT2D eigenvalue weighted by molar-refractivity contribution is 5.78. The zero-order valence-corrected chi connectivity index (χ0v) is 21.0. The van der Waals surface area contributed by atoms with Gasteiger partial charge in [-0.2, -0.15) is 5.10 Å². The number of nitrogens with one attached hydrogen (secondary N) is 1. The molecule has 9 nitrogen and oxygen atoms in total. The van der Waals surface area contributed by atoms with Gasteiger partial charge in [0, 0.05) is 38.4 Å². The van der Waals surface area contributed by atoms with Gasteiger partial charge < -0.3 is 24.4 Å². The molecule has 0 aliphatic carbocycles. The van der Waals surface area contributed by atoms with E-state index in [2.05, 4.69) is 10.4 Å². The number of aromatic nitrogens is 2. The Bertz CT molecular complexity index is 1240. The summed E-state index contributed by atoms with van der Waals surface area (Å²) in [6.45, 7) is 2.14. The van der Waals surface area contributed by atoms with Crippen LogP contribution in [0.5, 0.6) is 17.2 Å². The minimum Gasteiger partial charge on any atom is -0.494 e. The van der Waals surface area contributed by atoms with Gasteiger partial charge in [0.25, 0.3) is 5.91 Å². The van der Waals surface area contributed by atoms with E-state index >= 15 is 0 Å². The minimum absolute atomic E-state index is 0.0968. The van der Waals surface area contributed by atoms with Crippen molar-refractivity contribution >= 4 is 11.8 Å². The smallest absolute Gasteiger partial charge is 0.257 e. The number of aryl methyl sites for hydroxylation is 1. The Hall–Kier alpha value is -4.01. The van der Waals surface area contributed by atoms with E-state index in [1.165, 1.54) is 0 Å². The third kappa shape index (κ3) is 5.71. The van der Waals surface area contributed by atoms with Crippen LogP contribution in [0.15, 0.2) is 54.9 Å². The van der Waals surface area contributed by atoms with Crippen LogP contribution in [0.25, 0.3) is 0 Å². The summed E-state index contributed by atoms with van der Waals surface area (Å²) in [6, 6.07) is 13.4. The third-order valence-electron chi connectivity index (χ3n) is 6.76. The average molecular weight is 505 g/mol. The molecule has 3 aliphatic heterocycles. The molecule has 0 fully saturated rings. The van der Waals surface area contributed by atoms with Crippen molar-refractivity contribution in [1.29, 1.82) is 0 Å². The maximum atomic E-state index is 13.5. The average Bonchev–Trinajstić information content (AvgIpc) is 3.43. The molecule has 1 aromatic heterocycles. The quantitative estimate of drug-likeness (QED) is 0.574. The lowest BCUT2D eigenvalue weighted by atomic mass is 9.87. The predicted molar refractivity (Wildman–Crippen MR) is 137 cm³/mol. The molecule has 2 aromatic carbocycles. The van der Waals surface area contributed by atoms with Crippen LogP contribution in [-0.2, 0) is 22.6 Å². The number of carbonyl (C=O) groups excluding carboxylic acids is 2. The number of amides is 2. The van der Waals surface area contributed by atoms with Gasteiger partial charge in [0.05, 0.1) is 19.8 Å². The fourth-order valence-corrected chi connectivity index (χ4v) is 4.95. The molecule has 0 spiro atoms. The Labute approximate surface area is 216 Å². The summed E-state index contributed by atoms with van der Waals surface area (Å²) in [5.74, 6) is 1.70. The zero-order valence-electron chi connectivity index (χ0n) is 21.0. The van der Waals surface area contributed by atoms with Crippen molar-refractivity contribution in [3.63, 3.8) is 0 Å². The molecule has 1 atom stereocenters. The van der Waals surface area contributed by atoms with Gasteiger partial charge in [-0.25, -0.2) is 0 Å². The first kappa shape index (κ1) is 24.7. The topological polar surface area (TPSA) is 94.9 Å². The van der Waals surface area contributed by atoms with E-state index in [0.717, 1.165) is 22.4 Å². The van der Waals surface area contributed by atoms with Crippen molar-refractivity contribution in [2.24, 2.45) is 0 Å². The van der Waals surface area contributed by atoms with E-state index in [-0.39, 0.29) is 24.5 Å². The van der Waals surface area contributed by atoms with Gasteiger partial charge >= 0.3 is 0 Å². The Balaban J connectivity index is 1.50. The molecule has 1 unspecified atom stereocenters. The second-order valence-electron chi connectivity index (χ2n) is 9.23. The first-order valence-corrected chi connectivity index (χ1v) is 12.7. The van der Waals surface area contributed by atoms with Crippen LogP contribution in [-0.4, -0.2) is 59.9 Å². The summed E-state index contributed by atoms with van der Waals surface area (Å²) in [5.41, 5.74) is 3.04. The van der Waals surface area contributed by atoms with E-state index in [1.807, 2.05) is 58.2 Å². The standard InChI is InChI=1S/C28H32N4O5/c1-35-24-18-23-20-9-14-32(27(34)8-3-12-31-13-4-11-30-31)28(23)21-6-2-7-22(16-21)36-15-5-10-29-26(33)19-37-25(24)17-20/h2,4,6-7,11,13,16-18,28H,3,5,8-10,12,14-15,19H2,1H3,(H,29,33). The van der Waals surface area contributed by atoms with Crippen LogP contribution in [0, 0.1) is 0 Å². The zero-order chi connectivity index (χ0) is 25.6. The SMILES string of the molecule is COc1cc2c3cc1OCC(=O)NCCCOc1cccc(c1)C2N(C(=O)CCCn1cccn1)CC3. The van der Waals surface area contributed by atoms with E-state index in [4.69, 9.17) is 14.2 Å². The molecule has 3 aliphatic rings. The largest absolute Gasteiger partial charge is 0.494 e. The van der Waals surface area contributed by atoms with Crippen LogP contribution in [0.4, 0.5) is 0 Å². The first-order chi connectivity index (χ1) is 18.1. The molecule has 4 heterocycles. The van der Waals surface area contributed by atoms with E-state index in [1.54, 1.807) is 13.3 Å². The van der Waals surface area contributed by atoms with Crippen molar-refractivity contribution in [2.45, 2.75) is 38.3 Å². The van der Waals surface area contributed by atoms with Crippen LogP contribution < -0.4 is 19.5 Å². The Morgan fingerprint density at radius 3 is 2.97 bits per heavy atom. The van der Waals surface area contributed by atoms with Crippen LogP contribution in [0.2, 0.25) is 0 Å². The fraction of sp³-hybridized carbons (Fsp3) is 0.393. The number of benzene rings is 2. The van der Waals surface area contributed by atoms with Gasteiger partial charge in [-0.05, 0) is 66.3 Å². The molecule has 6 bridgehead atoms. The number of hydrogen-bond donors (Lipinski definition) is 1. The molecule has 3 aromatic rings. The second kappa shape index (κ2) is 11.4. The van der Waals surface area contributed by atoms with Gasteiger partial charge in [-0.3, -0.25) is 14.3 Å². The van der Waals surface area contributed by atoms with Crippen molar-refractivity contribution in [2.75, 3.05) is 33.4 Å². The Morgan fingerprint density at radius 2 is 2.14 bits per heavy atom. The normalized spacial score (nSPS) is 17.5. The molecule has 9 heteroatoms. The summed E-state index contributed by atoms with van der Waals surface area (Å²) < 4.78 is 19.3. The maximum Gasteiger partial charge on any atom is 0.257 e. The highest BCUT2D eigenvalue weighted by atomic mass is 16.5. The maximum absolute atomic E-state index is 13.5.